The summed E-state index contributed by atoms with van der Waals surface area (Å²) >= 11 is 11.6. The highest BCUT2D eigenvalue weighted by Crippen LogP contribution is 2.28. The average molecular weight is 288 g/mol. The molecule has 1 N–H and O–H groups in total. The molecule has 94 valence electrons. The second kappa shape index (κ2) is 4.83. The zero-order chi connectivity index (χ0) is 13.3. The zero-order valence-electron chi connectivity index (χ0n) is 9.11. The zero-order valence-corrected chi connectivity index (χ0v) is 10.6. The molecule has 0 fully saturated rings. The van der Waals surface area contributed by atoms with Crippen molar-refractivity contribution in [1.29, 1.82) is 0 Å². The molecule has 0 saturated heterocycles. The highest BCUT2D eigenvalue weighted by molar-refractivity contribution is 6.35. The standard InChI is InChI=1S/C10H7Cl2N3O3/c1-15-8(10(17)18-14-15)9(16)13-7-4-5(11)2-3-6(7)12/h2-4H,1H3,(H-,13,14,16,17). The van der Waals surface area contributed by atoms with Crippen molar-refractivity contribution in [2.45, 2.75) is 0 Å². The summed E-state index contributed by atoms with van der Waals surface area (Å²) in [6.07, 6.45) is 0. The molecule has 6 nitrogen and oxygen atoms in total. The molecular weight excluding hydrogens is 281 g/mol. The van der Waals surface area contributed by atoms with E-state index >= 15 is 0 Å². The molecule has 0 aliphatic heterocycles. The quantitative estimate of drug-likeness (QED) is 0.497. The molecule has 0 radical (unpaired) electrons. The van der Waals surface area contributed by atoms with Gasteiger partial charge in [0.25, 0.3) is 0 Å². The summed E-state index contributed by atoms with van der Waals surface area (Å²) in [7, 11) is 1.45. The van der Waals surface area contributed by atoms with Crippen molar-refractivity contribution in [2.75, 3.05) is 0 Å². The maximum absolute atomic E-state index is 11.8. The molecule has 0 unspecified atom stereocenters. The number of aliphatic imine (C=N–C) groups is 1. The molecule has 1 aromatic carbocycles. The second-order valence-electron chi connectivity index (χ2n) is 3.40. The summed E-state index contributed by atoms with van der Waals surface area (Å²) in [5.74, 6) is -0.767. The molecule has 1 heterocycles. The molecule has 0 saturated carbocycles. The van der Waals surface area contributed by atoms with Crippen LogP contribution in [0.15, 0.2) is 32.5 Å². The van der Waals surface area contributed by atoms with E-state index in [-0.39, 0.29) is 16.4 Å². The van der Waals surface area contributed by atoms with Crippen molar-refractivity contribution < 1.29 is 14.3 Å². The van der Waals surface area contributed by atoms with Crippen molar-refractivity contribution in [3.05, 3.63) is 44.4 Å². The van der Waals surface area contributed by atoms with Gasteiger partial charge in [0.2, 0.25) is 0 Å². The Labute approximate surface area is 111 Å². The molecule has 0 spiro atoms. The summed E-state index contributed by atoms with van der Waals surface area (Å²) in [6, 6.07) is 4.50. The molecule has 1 aromatic heterocycles. The van der Waals surface area contributed by atoms with E-state index in [1.165, 1.54) is 19.2 Å². The maximum Gasteiger partial charge on any atom is 0.435 e. The van der Waals surface area contributed by atoms with Crippen molar-refractivity contribution in [3.8, 4) is 0 Å². The van der Waals surface area contributed by atoms with Crippen LogP contribution in [0.2, 0.25) is 10.0 Å². The lowest BCUT2D eigenvalue weighted by molar-refractivity contribution is -0.742. The first-order valence-electron chi connectivity index (χ1n) is 4.77. The highest BCUT2D eigenvalue weighted by Gasteiger charge is 2.17. The number of rotatable bonds is 2. The van der Waals surface area contributed by atoms with E-state index in [0.29, 0.717) is 5.02 Å². The predicted octanol–water partition coefficient (Wildman–Crippen LogP) is 0.538. The number of hydrogen-bond acceptors (Lipinski definition) is 4. The number of aromatic amines is 1. The minimum Gasteiger partial charge on any atom is -0.854 e. The highest BCUT2D eigenvalue weighted by atomic mass is 35.5. The average Bonchev–Trinajstić information content (AvgIpc) is 2.63. The number of nitrogens with one attached hydrogen (secondary N) is 1. The van der Waals surface area contributed by atoms with E-state index in [4.69, 9.17) is 23.2 Å². The smallest absolute Gasteiger partial charge is 0.435 e. The molecule has 8 heteroatoms. The van der Waals surface area contributed by atoms with Crippen LogP contribution in [0.1, 0.15) is 5.69 Å². The minimum atomic E-state index is -0.801. The van der Waals surface area contributed by atoms with Crippen LogP contribution < -0.4 is 15.4 Å². The molecule has 18 heavy (non-hydrogen) atoms. The summed E-state index contributed by atoms with van der Waals surface area (Å²) in [6.45, 7) is 0. The Morgan fingerprint density at radius 3 is 2.83 bits per heavy atom. The number of benzene rings is 1. The lowest BCUT2D eigenvalue weighted by atomic mass is 10.3. The van der Waals surface area contributed by atoms with Crippen molar-refractivity contribution in [1.82, 2.24) is 5.27 Å². The first kappa shape index (κ1) is 12.7. The van der Waals surface area contributed by atoms with Crippen molar-refractivity contribution in [3.63, 3.8) is 0 Å². The molecule has 0 aliphatic carbocycles. The first-order chi connectivity index (χ1) is 8.49. The van der Waals surface area contributed by atoms with E-state index in [9.17, 15) is 9.90 Å². The SMILES string of the molecule is C[n+]1[nH]oc(=O)c1C([O-])=Nc1cc(Cl)ccc1Cl. The number of hydrogen-bond donors (Lipinski definition) is 1. The molecule has 2 aromatic rings. The van der Waals surface area contributed by atoms with Gasteiger partial charge in [0.1, 0.15) is 0 Å². The van der Waals surface area contributed by atoms with E-state index in [1.807, 2.05) is 0 Å². The lowest BCUT2D eigenvalue weighted by Gasteiger charge is -2.05. The maximum atomic E-state index is 11.8. The van der Waals surface area contributed by atoms with Gasteiger partial charge in [-0.05, 0) is 23.5 Å². The van der Waals surface area contributed by atoms with Gasteiger partial charge in [-0.3, -0.25) is 9.52 Å². The third kappa shape index (κ3) is 2.39. The third-order valence-electron chi connectivity index (χ3n) is 2.14. The molecule has 0 aliphatic rings. The van der Waals surface area contributed by atoms with Crippen LogP contribution in [-0.4, -0.2) is 11.2 Å². The predicted molar refractivity (Wildman–Crippen MR) is 63.2 cm³/mol. The summed E-state index contributed by atoms with van der Waals surface area (Å²) < 4.78 is 5.58. The molecule has 0 atom stereocenters. The number of aromatic nitrogens is 2. The minimum absolute atomic E-state index is 0.190. The van der Waals surface area contributed by atoms with E-state index in [1.54, 1.807) is 6.07 Å². The van der Waals surface area contributed by atoms with Crippen LogP contribution in [0.4, 0.5) is 5.69 Å². The second-order valence-corrected chi connectivity index (χ2v) is 4.24. The Bertz CT molecular complexity index is 675. The summed E-state index contributed by atoms with van der Waals surface area (Å²) in [4.78, 5) is 15.0. The van der Waals surface area contributed by atoms with Crippen molar-refractivity contribution in [2.24, 2.45) is 12.0 Å². The first-order valence-corrected chi connectivity index (χ1v) is 5.53. The molecular formula is C10H7Cl2N3O3. The fraction of sp³-hybridized carbons (Fsp3) is 0.100. The van der Waals surface area contributed by atoms with Crippen LogP contribution in [0.25, 0.3) is 0 Å². The van der Waals surface area contributed by atoms with Gasteiger partial charge in [-0.1, -0.05) is 27.9 Å². The normalized spacial score (nSPS) is 11.8. The van der Waals surface area contributed by atoms with Crippen LogP contribution >= 0.6 is 23.2 Å². The van der Waals surface area contributed by atoms with Gasteiger partial charge in [0.05, 0.1) is 16.6 Å². The summed E-state index contributed by atoms with van der Waals surface area (Å²) in [5, 5.41) is 14.7. The molecule has 0 amide bonds. The van der Waals surface area contributed by atoms with Crippen LogP contribution in [-0.2, 0) is 7.05 Å². The number of aryl methyl sites for hydroxylation is 1. The van der Waals surface area contributed by atoms with Gasteiger partial charge in [-0.2, -0.15) is 0 Å². The topological polar surface area (TPSA) is 85.3 Å². The third-order valence-corrected chi connectivity index (χ3v) is 2.69. The number of nitrogens with zero attached hydrogens (tertiary/aromatic N) is 2. The number of halogens is 2. The lowest BCUT2D eigenvalue weighted by Crippen LogP contribution is -2.43. The Morgan fingerprint density at radius 2 is 2.22 bits per heavy atom. The van der Waals surface area contributed by atoms with E-state index < -0.39 is 11.5 Å². The Balaban J connectivity index is 2.51. The van der Waals surface area contributed by atoms with Crippen LogP contribution in [0, 0.1) is 0 Å². The van der Waals surface area contributed by atoms with Gasteiger partial charge >= 0.3 is 11.3 Å². The fourth-order valence-electron chi connectivity index (χ4n) is 1.31. The number of H-pyrrole nitrogens is 1. The van der Waals surface area contributed by atoms with E-state index in [0.717, 1.165) is 4.68 Å². The van der Waals surface area contributed by atoms with Gasteiger partial charge in [-0.15, -0.1) is 0 Å². The van der Waals surface area contributed by atoms with Crippen LogP contribution in [0.5, 0.6) is 0 Å². The Morgan fingerprint density at radius 1 is 1.50 bits per heavy atom. The van der Waals surface area contributed by atoms with Crippen LogP contribution in [0.3, 0.4) is 0 Å². The van der Waals surface area contributed by atoms with Gasteiger partial charge in [0.15, 0.2) is 7.05 Å². The van der Waals surface area contributed by atoms with Gasteiger partial charge < -0.3 is 5.11 Å². The molecule has 2 rings (SSSR count). The van der Waals surface area contributed by atoms with Crippen molar-refractivity contribution >= 4 is 34.8 Å². The van der Waals surface area contributed by atoms with Gasteiger partial charge in [-0.25, -0.2) is 4.79 Å². The molecule has 0 bridgehead atoms. The largest absolute Gasteiger partial charge is 0.854 e. The monoisotopic (exact) mass is 287 g/mol. The Kier molecular flexibility index (Phi) is 3.40. The Hall–Kier alpha value is -1.79. The summed E-state index contributed by atoms with van der Waals surface area (Å²) in [5.41, 5.74) is -0.842. The van der Waals surface area contributed by atoms with E-state index in [2.05, 4.69) is 14.8 Å². The van der Waals surface area contributed by atoms with Gasteiger partial charge in [0, 0.05) is 5.02 Å². The fourth-order valence-corrected chi connectivity index (χ4v) is 1.63.